The van der Waals surface area contributed by atoms with E-state index in [9.17, 15) is 0 Å². The molecular weight excluding hydrogens is 338 g/mol. The lowest BCUT2D eigenvalue weighted by Gasteiger charge is -2.31. The van der Waals surface area contributed by atoms with Crippen LogP contribution in [0.2, 0.25) is 0 Å². The number of pyridine rings is 2. The summed E-state index contributed by atoms with van der Waals surface area (Å²) in [5.41, 5.74) is 3.22. The minimum atomic E-state index is 0.414. The highest BCUT2D eigenvalue weighted by Crippen LogP contribution is 2.28. The number of rotatable bonds is 5. The van der Waals surface area contributed by atoms with Gasteiger partial charge in [0.25, 0.3) is 0 Å². The van der Waals surface area contributed by atoms with Crippen LogP contribution in [0, 0.1) is 6.92 Å². The molecule has 1 saturated heterocycles. The minimum Gasteiger partial charge on any atom is -0.436 e. The van der Waals surface area contributed by atoms with Gasteiger partial charge in [0.15, 0.2) is 0 Å². The zero-order chi connectivity index (χ0) is 18.5. The molecule has 1 aliphatic rings. The first-order valence-electron chi connectivity index (χ1n) is 9.31. The maximum absolute atomic E-state index is 5.77. The second-order valence-corrected chi connectivity index (χ2v) is 6.89. The second-order valence-electron chi connectivity index (χ2n) is 6.89. The molecule has 1 fully saturated rings. The van der Waals surface area contributed by atoms with Crippen LogP contribution in [-0.4, -0.2) is 37.9 Å². The molecule has 0 saturated carbocycles. The third-order valence-electron chi connectivity index (χ3n) is 4.83. The molecule has 0 aliphatic carbocycles. The largest absolute Gasteiger partial charge is 0.436 e. The number of nitrogens with zero attached hydrogens (tertiary/aromatic N) is 5. The maximum atomic E-state index is 5.77. The Bertz CT molecular complexity index is 879. The Morgan fingerprint density at radius 2 is 1.89 bits per heavy atom. The first kappa shape index (κ1) is 17.5. The normalized spacial score (nSPS) is 15.6. The van der Waals surface area contributed by atoms with Crippen molar-refractivity contribution in [1.82, 2.24) is 24.8 Å². The van der Waals surface area contributed by atoms with Crippen LogP contribution in [0.1, 0.15) is 35.8 Å². The van der Waals surface area contributed by atoms with E-state index in [4.69, 9.17) is 4.74 Å². The third kappa shape index (κ3) is 4.65. The summed E-state index contributed by atoms with van der Waals surface area (Å²) in [6.45, 7) is 5.02. The van der Waals surface area contributed by atoms with Gasteiger partial charge in [0.05, 0.1) is 23.8 Å². The van der Waals surface area contributed by atoms with E-state index in [0.29, 0.717) is 17.5 Å². The molecule has 0 amide bonds. The monoisotopic (exact) mass is 361 g/mol. The predicted molar refractivity (Wildman–Crippen MR) is 103 cm³/mol. The molecule has 0 aromatic carbocycles. The smallest absolute Gasteiger partial charge is 0.238 e. The fraction of sp³-hybridized carbons (Fsp3) is 0.333. The molecule has 0 spiro atoms. The summed E-state index contributed by atoms with van der Waals surface area (Å²) in [6, 6.07) is 9.91. The highest BCUT2D eigenvalue weighted by Gasteiger charge is 2.22. The standard InChI is InChI=1S/C21H23N5O/c1-16-4-2-5-18(24-16)15-26-10-7-17(8-11-26)20-13-23-14-21(25-20)27-19-6-3-9-22-12-19/h2-6,9,12-14,17H,7-8,10-11,15H2,1H3. The van der Waals surface area contributed by atoms with Crippen molar-refractivity contribution in [2.45, 2.75) is 32.2 Å². The van der Waals surface area contributed by atoms with E-state index < -0.39 is 0 Å². The molecule has 0 bridgehead atoms. The van der Waals surface area contributed by atoms with Crippen molar-refractivity contribution < 1.29 is 4.74 Å². The van der Waals surface area contributed by atoms with Crippen LogP contribution in [0.3, 0.4) is 0 Å². The molecule has 4 rings (SSSR count). The van der Waals surface area contributed by atoms with Gasteiger partial charge in [-0.2, -0.15) is 0 Å². The van der Waals surface area contributed by atoms with Crippen LogP contribution < -0.4 is 4.74 Å². The van der Waals surface area contributed by atoms with Crippen molar-refractivity contribution in [1.29, 1.82) is 0 Å². The Kier molecular flexibility index (Phi) is 5.34. The number of likely N-dealkylation sites (tertiary alicyclic amines) is 1. The van der Waals surface area contributed by atoms with Crippen molar-refractivity contribution >= 4 is 0 Å². The van der Waals surface area contributed by atoms with Crippen LogP contribution in [0.15, 0.2) is 55.1 Å². The molecule has 138 valence electrons. The molecule has 1 aliphatic heterocycles. The molecule has 0 unspecified atom stereocenters. The van der Waals surface area contributed by atoms with Gasteiger partial charge in [0.1, 0.15) is 5.75 Å². The number of ether oxygens (including phenoxy) is 1. The Labute approximate surface area is 159 Å². The maximum Gasteiger partial charge on any atom is 0.238 e. The van der Waals surface area contributed by atoms with Crippen LogP contribution >= 0.6 is 0 Å². The Morgan fingerprint density at radius 3 is 2.67 bits per heavy atom. The summed E-state index contributed by atoms with van der Waals surface area (Å²) in [4.78, 5) is 20.1. The topological polar surface area (TPSA) is 64.0 Å². The third-order valence-corrected chi connectivity index (χ3v) is 4.83. The molecule has 3 aromatic heterocycles. The highest BCUT2D eigenvalue weighted by molar-refractivity contribution is 5.23. The van der Waals surface area contributed by atoms with Gasteiger partial charge < -0.3 is 4.74 Å². The molecular formula is C21H23N5O. The molecule has 3 aromatic rings. The Morgan fingerprint density at radius 1 is 1.00 bits per heavy atom. The van der Waals surface area contributed by atoms with Gasteiger partial charge in [-0.3, -0.25) is 19.9 Å². The van der Waals surface area contributed by atoms with E-state index in [0.717, 1.165) is 49.6 Å². The summed E-state index contributed by atoms with van der Waals surface area (Å²) in [6.07, 6.45) is 9.03. The van der Waals surface area contributed by atoms with E-state index in [1.807, 2.05) is 31.3 Å². The molecule has 0 radical (unpaired) electrons. The zero-order valence-corrected chi connectivity index (χ0v) is 15.5. The van der Waals surface area contributed by atoms with E-state index in [1.54, 1.807) is 18.6 Å². The van der Waals surface area contributed by atoms with Crippen LogP contribution in [0.25, 0.3) is 0 Å². The molecule has 4 heterocycles. The van der Waals surface area contributed by atoms with E-state index in [1.165, 1.54) is 0 Å². The minimum absolute atomic E-state index is 0.414. The number of piperidine rings is 1. The van der Waals surface area contributed by atoms with Crippen LogP contribution in [0.5, 0.6) is 11.6 Å². The quantitative estimate of drug-likeness (QED) is 0.690. The molecule has 0 atom stereocenters. The van der Waals surface area contributed by atoms with Gasteiger partial charge in [-0.05, 0) is 57.1 Å². The van der Waals surface area contributed by atoms with Crippen molar-refractivity contribution in [2.24, 2.45) is 0 Å². The van der Waals surface area contributed by atoms with Gasteiger partial charge in [0, 0.05) is 30.6 Å². The van der Waals surface area contributed by atoms with E-state index in [2.05, 4.69) is 37.0 Å². The second kappa shape index (κ2) is 8.22. The average Bonchev–Trinajstić information content (AvgIpc) is 2.70. The molecule has 0 N–H and O–H groups in total. The van der Waals surface area contributed by atoms with E-state index >= 15 is 0 Å². The summed E-state index contributed by atoms with van der Waals surface area (Å²) in [7, 11) is 0. The highest BCUT2D eigenvalue weighted by atomic mass is 16.5. The lowest BCUT2D eigenvalue weighted by Crippen LogP contribution is -2.33. The van der Waals surface area contributed by atoms with Crippen molar-refractivity contribution in [3.63, 3.8) is 0 Å². The lowest BCUT2D eigenvalue weighted by molar-refractivity contribution is 0.200. The molecule has 6 heteroatoms. The van der Waals surface area contributed by atoms with Gasteiger partial charge in [-0.15, -0.1) is 0 Å². The fourth-order valence-corrected chi connectivity index (χ4v) is 3.44. The SMILES string of the molecule is Cc1cccc(CN2CCC(c3cncc(Oc4cccnc4)n3)CC2)n1. The number of hydrogen-bond acceptors (Lipinski definition) is 6. The van der Waals surface area contributed by atoms with Crippen molar-refractivity contribution in [2.75, 3.05) is 13.1 Å². The summed E-state index contributed by atoms with van der Waals surface area (Å²) >= 11 is 0. The zero-order valence-electron chi connectivity index (χ0n) is 15.5. The van der Waals surface area contributed by atoms with Crippen LogP contribution in [-0.2, 0) is 6.54 Å². The fourth-order valence-electron chi connectivity index (χ4n) is 3.44. The molecule has 27 heavy (non-hydrogen) atoms. The van der Waals surface area contributed by atoms with Gasteiger partial charge >= 0.3 is 0 Å². The first-order chi connectivity index (χ1) is 13.3. The van der Waals surface area contributed by atoms with Gasteiger partial charge in [-0.1, -0.05) is 6.07 Å². The summed E-state index contributed by atoms with van der Waals surface area (Å²) in [5.74, 6) is 1.60. The predicted octanol–water partition coefficient (Wildman–Crippen LogP) is 3.75. The van der Waals surface area contributed by atoms with Crippen LogP contribution in [0.4, 0.5) is 0 Å². The lowest BCUT2D eigenvalue weighted by atomic mass is 9.93. The van der Waals surface area contributed by atoms with Gasteiger partial charge in [-0.25, -0.2) is 4.98 Å². The number of aryl methyl sites for hydroxylation is 1. The summed E-state index contributed by atoms with van der Waals surface area (Å²) in [5, 5.41) is 0. The number of aromatic nitrogens is 4. The van der Waals surface area contributed by atoms with Crippen molar-refractivity contribution in [3.05, 3.63) is 72.2 Å². The molecule has 6 nitrogen and oxygen atoms in total. The average molecular weight is 361 g/mol. The number of hydrogen-bond donors (Lipinski definition) is 0. The van der Waals surface area contributed by atoms with E-state index in [-0.39, 0.29) is 0 Å². The Balaban J connectivity index is 1.36. The van der Waals surface area contributed by atoms with Gasteiger partial charge in [0.2, 0.25) is 5.88 Å². The first-order valence-corrected chi connectivity index (χ1v) is 9.31. The summed E-state index contributed by atoms with van der Waals surface area (Å²) < 4.78 is 5.77. The van der Waals surface area contributed by atoms with Crippen molar-refractivity contribution in [3.8, 4) is 11.6 Å². The Hall–Kier alpha value is -2.86.